The van der Waals surface area contributed by atoms with Gasteiger partial charge in [0.2, 0.25) is 0 Å². The molecular formula is C11H20O. The number of ketones is 1. The van der Waals surface area contributed by atoms with E-state index in [0.717, 1.165) is 25.2 Å². The highest BCUT2D eigenvalue weighted by Gasteiger charge is 2.25. The molecule has 0 unspecified atom stereocenters. The van der Waals surface area contributed by atoms with Gasteiger partial charge in [0.15, 0.2) is 0 Å². The van der Waals surface area contributed by atoms with Crippen molar-refractivity contribution in [2.24, 2.45) is 17.8 Å². The minimum atomic E-state index is 0.356. The molecule has 0 bridgehead atoms. The molecule has 1 aliphatic carbocycles. The van der Waals surface area contributed by atoms with Crippen LogP contribution in [0.3, 0.4) is 0 Å². The van der Waals surface area contributed by atoms with E-state index in [4.69, 9.17) is 0 Å². The summed E-state index contributed by atoms with van der Waals surface area (Å²) in [7, 11) is 0. The lowest BCUT2D eigenvalue weighted by Gasteiger charge is -2.16. The maximum absolute atomic E-state index is 11.6. The van der Waals surface area contributed by atoms with Crippen LogP contribution in [-0.2, 0) is 4.79 Å². The van der Waals surface area contributed by atoms with Crippen LogP contribution in [0.1, 0.15) is 46.5 Å². The van der Waals surface area contributed by atoms with Crippen molar-refractivity contribution in [3.63, 3.8) is 0 Å². The van der Waals surface area contributed by atoms with Gasteiger partial charge < -0.3 is 0 Å². The molecule has 0 heterocycles. The summed E-state index contributed by atoms with van der Waals surface area (Å²) in [5.74, 6) is 2.17. The first-order valence-electron chi connectivity index (χ1n) is 5.14. The zero-order valence-corrected chi connectivity index (χ0v) is 8.47. The van der Waals surface area contributed by atoms with E-state index in [1.165, 1.54) is 6.42 Å². The van der Waals surface area contributed by atoms with E-state index in [1.54, 1.807) is 0 Å². The second-order valence-corrected chi connectivity index (χ2v) is 4.54. The fraction of sp³-hybridized carbons (Fsp3) is 0.909. The monoisotopic (exact) mass is 168 g/mol. The minimum absolute atomic E-state index is 0.356. The smallest absolute Gasteiger partial charge is 0.136 e. The van der Waals surface area contributed by atoms with E-state index in [9.17, 15) is 4.79 Å². The van der Waals surface area contributed by atoms with Gasteiger partial charge in [-0.3, -0.25) is 4.79 Å². The SMILES string of the molecule is CC(C)[C@@H]1CC[C@@H](C)CCC1=O. The maximum Gasteiger partial charge on any atom is 0.136 e. The van der Waals surface area contributed by atoms with Gasteiger partial charge in [-0.25, -0.2) is 0 Å². The van der Waals surface area contributed by atoms with E-state index >= 15 is 0 Å². The molecule has 0 amide bonds. The number of carbonyl (C=O) groups excluding carboxylic acids is 1. The standard InChI is InChI=1S/C11H20O/c1-8(2)10-6-4-9(3)5-7-11(10)12/h8-10H,4-7H2,1-3H3/t9-,10+/m1/s1. The third kappa shape index (κ3) is 2.33. The van der Waals surface area contributed by atoms with Crippen LogP contribution in [0, 0.1) is 17.8 Å². The number of hydrogen-bond acceptors (Lipinski definition) is 1. The van der Waals surface area contributed by atoms with Gasteiger partial charge in [-0.1, -0.05) is 20.8 Å². The van der Waals surface area contributed by atoms with Crippen molar-refractivity contribution in [1.29, 1.82) is 0 Å². The average Bonchev–Trinajstić information content (AvgIpc) is 2.14. The molecule has 12 heavy (non-hydrogen) atoms. The molecule has 2 atom stereocenters. The van der Waals surface area contributed by atoms with Gasteiger partial charge in [-0.05, 0) is 31.1 Å². The van der Waals surface area contributed by atoms with E-state index in [0.29, 0.717) is 17.6 Å². The molecule has 0 aromatic carbocycles. The fourth-order valence-corrected chi connectivity index (χ4v) is 2.05. The molecule has 0 aromatic heterocycles. The summed E-state index contributed by atoms with van der Waals surface area (Å²) >= 11 is 0. The van der Waals surface area contributed by atoms with Gasteiger partial charge in [0.05, 0.1) is 0 Å². The molecule has 0 aromatic rings. The summed E-state index contributed by atoms with van der Waals surface area (Å²) in [6.45, 7) is 6.59. The van der Waals surface area contributed by atoms with Crippen LogP contribution in [0.2, 0.25) is 0 Å². The second-order valence-electron chi connectivity index (χ2n) is 4.54. The van der Waals surface area contributed by atoms with Crippen molar-refractivity contribution in [3.05, 3.63) is 0 Å². The van der Waals surface area contributed by atoms with Gasteiger partial charge in [0.25, 0.3) is 0 Å². The van der Waals surface area contributed by atoms with Crippen molar-refractivity contribution in [3.8, 4) is 0 Å². The number of Topliss-reactive ketones (excluding diaryl/α,β-unsaturated/α-hetero) is 1. The van der Waals surface area contributed by atoms with Gasteiger partial charge in [-0.2, -0.15) is 0 Å². The van der Waals surface area contributed by atoms with Crippen LogP contribution in [-0.4, -0.2) is 5.78 Å². The Labute approximate surface area is 75.5 Å². The fourth-order valence-electron chi connectivity index (χ4n) is 2.05. The molecule has 1 aliphatic rings. The molecule has 1 nitrogen and oxygen atoms in total. The largest absolute Gasteiger partial charge is 0.299 e. The van der Waals surface area contributed by atoms with Crippen molar-refractivity contribution in [2.45, 2.75) is 46.5 Å². The van der Waals surface area contributed by atoms with Crippen LogP contribution in [0.5, 0.6) is 0 Å². The highest BCUT2D eigenvalue weighted by Crippen LogP contribution is 2.28. The molecule has 0 N–H and O–H groups in total. The molecule has 1 fully saturated rings. The third-order valence-corrected chi connectivity index (χ3v) is 3.07. The number of carbonyl (C=O) groups is 1. The van der Waals surface area contributed by atoms with Crippen LogP contribution in [0.25, 0.3) is 0 Å². The average molecular weight is 168 g/mol. The molecule has 1 saturated carbocycles. The summed E-state index contributed by atoms with van der Waals surface area (Å²) in [5, 5.41) is 0. The van der Waals surface area contributed by atoms with Gasteiger partial charge >= 0.3 is 0 Å². The minimum Gasteiger partial charge on any atom is -0.299 e. The highest BCUT2D eigenvalue weighted by molar-refractivity contribution is 5.81. The lowest BCUT2D eigenvalue weighted by Crippen LogP contribution is -2.18. The molecule has 0 radical (unpaired) electrons. The lowest BCUT2D eigenvalue weighted by atomic mass is 9.88. The second kappa shape index (κ2) is 4.06. The Morgan fingerprint density at radius 3 is 2.50 bits per heavy atom. The Bertz CT molecular complexity index is 160. The molecule has 1 heteroatoms. The molecule has 0 spiro atoms. The van der Waals surface area contributed by atoms with E-state index < -0.39 is 0 Å². The Morgan fingerprint density at radius 2 is 1.92 bits per heavy atom. The molecule has 0 saturated heterocycles. The molecule has 1 rings (SSSR count). The van der Waals surface area contributed by atoms with Crippen LogP contribution in [0.15, 0.2) is 0 Å². The van der Waals surface area contributed by atoms with Gasteiger partial charge in [-0.15, -0.1) is 0 Å². The summed E-state index contributed by atoms with van der Waals surface area (Å²) in [6.07, 6.45) is 4.30. The highest BCUT2D eigenvalue weighted by atomic mass is 16.1. The zero-order chi connectivity index (χ0) is 9.14. The summed E-state index contributed by atoms with van der Waals surface area (Å²) in [6, 6.07) is 0. The van der Waals surface area contributed by atoms with Crippen LogP contribution < -0.4 is 0 Å². The first kappa shape index (κ1) is 9.76. The van der Waals surface area contributed by atoms with Gasteiger partial charge in [0.1, 0.15) is 5.78 Å². The number of rotatable bonds is 1. The summed E-state index contributed by atoms with van der Waals surface area (Å²) in [5.41, 5.74) is 0. The Morgan fingerprint density at radius 1 is 1.25 bits per heavy atom. The Balaban J connectivity index is 2.56. The van der Waals surface area contributed by atoms with Crippen molar-refractivity contribution < 1.29 is 4.79 Å². The van der Waals surface area contributed by atoms with Crippen LogP contribution >= 0.6 is 0 Å². The predicted molar refractivity (Wildman–Crippen MR) is 51.0 cm³/mol. The van der Waals surface area contributed by atoms with Gasteiger partial charge in [0, 0.05) is 12.3 Å². The van der Waals surface area contributed by atoms with Crippen LogP contribution in [0.4, 0.5) is 0 Å². The third-order valence-electron chi connectivity index (χ3n) is 3.07. The summed E-state index contributed by atoms with van der Waals surface area (Å²) in [4.78, 5) is 11.6. The number of hydrogen-bond donors (Lipinski definition) is 0. The molecular weight excluding hydrogens is 148 g/mol. The topological polar surface area (TPSA) is 17.1 Å². The first-order valence-corrected chi connectivity index (χ1v) is 5.14. The zero-order valence-electron chi connectivity index (χ0n) is 8.47. The normalized spacial score (nSPS) is 32.2. The Kier molecular flexibility index (Phi) is 3.30. The van der Waals surface area contributed by atoms with Crippen molar-refractivity contribution in [1.82, 2.24) is 0 Å². The summed E-state index contributed by atoms with van der Waals surface area (Å²) < 4.78 is 0. The van der Waals surface area contributed by atoms with E-state index in [2.05, 4.69) is 20.8 Å². The Hall–Kier alpha value is -0.330. The predicted octanol–water partition coefficient (Wildman–Crippen LogP) is 3.04. The molecule has 70 valence electrons. The first-order chi connectivity index (χ1) is 5.61. The van der Waals surface area contributed by atoms with Crippen molar-refractivity contribution >= 4 is 5.78 Å². The van der Waals surface area contributed by atoms with Crippen molar-refractivity contribution in [2.75, 3.05) is 0 Å². The van der Waals surface area contributed by atoms with E-state index in [1.807, 2.05) is 0 Å². The maximum atomic E-state index is 11.6. The van der Waals surface area contributed by atoms with E-state index in [-0.39, 0.29) is 0 Å². The molecule has 0 aliphatic heterocycles. The lowest BCUT2D eigenvalue weighted by molar-refractivity contribution is -0.124. The quantitative estimate of drug-likeness (QED) is 0.550.